The van der Waals surface area contributed by atoms with E-state index in [1.165, 1.54) is 64.2 Å². The molecule has 2 fully saturated rings. The van der Waals surface area contributed by atoms with Gasteiger partial charge in [0.1, 0.15) is 11.5 Å². The number of carbonyl (C=O) groups excluding carboxylic acids is 1. The third-order valence-corrected chi connectivity index (χ3v) is 8.02. The largest absolute Gasteiger partial charge is 0.494 e. The van der Waals surface area contributed by atoms with Gasteiger partial charge in [0.2, 0.25) is 0 Å². The van der Waals surface area contributed by atoms with Crippen molar-refractivity contribution >= 4 is 5.97 Å². The molecule has 0 aromatic heterocycles. The maximum atomic E-state index is 12.9. The van der Waals surface area contributed by atoms with Crippen molar-refractivity contribution in [1.29, 1.82) is 0 Å². The Morgan fingerprint density at radius 1 is 0.939 bits per heavy atom. The monoisotopic (exact) mass is 454 g/mol. The van der Waals surface area contributed by atoms with Gasteiger partial charge in [-0.3, -0.25) is 4.79 Å². The molecule has 0 unspecified atom stereocenters. The van der Waals surface area contributed by atoms with E-state index in [0.29, 0.717) is 12.2 Å². The van der Waals surface area contributed by atoms with Crippen LogP contribution in [-0.2, 0) is 4.79 Å². The molecule has 0 bridgehead atoms. The molecule has 33 heavy (non-hydrogen) atoms. The van der Waals surface area contributed by atoms with E-state index < -0.39 is 0 Å². The molecule has 0 atom stereocenters. The molecule has 2 aliphatic carbocycles. The molecule has 1 aromatic rings. The van der Waals surface area contributed by atoms with Crippen LogP contribution >= 0.6 is 0 Å². The summed E-state index contributed by atoms with van der Waals surface area (Å²) in [6.07, 6.45) is 21.4. The lowest BCUT2D eigenvalue weighted by molar-refractivity contribution is -0.147. The second-order valence-corrected chi connectivity index (χ2v) is 10.6. The van der Waals surface area contributed by atoms with Crippen molar-refractivity contribution < 1.29 is 14.3 Å². The SMILES string of the molecule is C=CCC1(C(=O)Oc2ccc(OCCCC3CCC(CCCCC)CC3)cc2)CCCCC1. The summed E-state index contributed by atoms with van der Waals surface area (Å²) < 4.78 is 11.7. The van der Waals surface area contributed by atoms with E-state index in [1.807, 2.05) is 30.3 Å². The number of benzene rings is 1. The minimum atomic E-state index is -0.385. The zero-order chi connectivity index (χ0) is 23.4. The normalized spacial score (nSPS) is 22.5. The van der Waals surface area contributed by atoms with Crippen LogP contribution in [0.5, 0.6) is 11.5 Å². The number of carbonyl (C=O) groups is 1. The highest BCUT2D eigenvalue weighted by molar-refractivity contribution is 5.79. The van der Waals surface area contributed by atoms with Crippen molar-refractivity contribution in [2.24, 2.45) is 17.3 Å². The molecule has 2 saturated carbocycles. The lowest BCUT2D eigenvalue weighted by Gasteiger charge is -2.33. The van der Waals surface area contributed by atoms with Gasteiger partial charge in [-0.05, 0) is 68.2 Å². The van der Waals surface area contributed by atoms with E-state index in [9.17, 15) is 4.79 Å². The van der Waals surface area contributed by atoms with Crippen molar-refractivity contribution in [2.45, 2.75) is 110 Å². The topological polar surface area (TPSA) is 35.5 Å². The molecular weight excluding hydrogens is 408 g/mol. The number of rotatable bonds is 13. The van der Waals surface area contributed by atoms with Gasteiger partial charge in [0.25, 0.3) is 0 Å². The molecule has 184 valence electrons. The molecule has 2 aliphatic rings. The fourth-order valence-corrected chi connectivity index (χ4v) is 5.87. The fraction of sp³-hybridized carbons (Fsp3) is 0.700. The molecule has 0 saturated heterocycles. The zero-order valence-corrected chi connectivity index (χ0v) is 21.0. The number of hydrogen-bond acceptors (Lipinski definition) is 3. The van der Waals surface area contributed by atoms with Gasteiger partial charge in [-0.15, -0.1) is 6.58 Å². The molecule has 3 heteroatoms. The molecule has 0 heterocycles. The number of esters is 1. The molecule has 3 rings (SSSR count). The third kappa shape index (κ3) is 8.19. The lowest BCUT2D eigenvalue weighted by Crippen LogP contribution is -2.36. The molecule has 0 spiro atoms. The predicted molar refractivity (Wildman–Crippen MR) is 137 cm³/mol. The van der Waals surface area contributed by atoms with Crippen LogP contribution in [0.15, 0.2) is 36.9 Å². The Kier molecular flexibility index (Phi) is 10.8. The fourth-order valence-electron chi connectivity index (χ4n) is 5.87. The highest BCUT2D eigenvalue weighted by Gasteiger charge is 2.40. The number of unbranched alkanes of at least 4 members (excludes halogenated alkanes) is 2. The Labute approximate surface area is 202 Å². The van der Waals surface area contributed by atoms with Gasteiger partial charge in [0.05, 0.1) is 12.0 Å². The Hall–Kier alpha value is -1.77. The minimum absolute atomic E-state index is 0.101. The summed E-state index contributed by atoms with van der Waals surface area (Å²) in [5.74, 6) is 3.24. The Balaban J connectivity index is 1.34. The summed E-state index contributed by atoms with van der Waals surface area (Å²) in [6, 6.07) is 7.56. The first-order valence-electron chi connectivity index (χ1n) is 13.7. The maximum Gasteiger partial charge on any atom is 0.317 e. The first kappa shape index (κ1) is 25.8. The highest BCUT2D eigenvalue weighted by Crippen LogP contribution is 2.41. The van der Waals surface area contributed by atoms with Crippen LogP contribution in [0.25, 0.3) is 0 Å². The summed E-state index contributed by atoms with van der Waals surface area (Å²) in [5, 5.41) is 0. The zero-order valence-electron chi connectivity index (χ0n) is 21.0. The van der Waals surface area contributed by atoms with Crippen molar-refractivity contribution in [2.75, 3.05) is 6.61 Å². The second kappa shape index (κ2) is 13.8. The maximum absolute atomic E-state index is 12.9. The predicted octanol–water partition coefficient (Wildman–Crippen LogP) is 8.66. The van der Waals surface area contributed by atoms with Crippen molar-refractivity contribution in [3.8, 4) is 11.5 Å². The summed E-state index contributed by atoms with van der Waals surface area (Å²) in [5.41, 5.74) is -0.385. The first-order valence-corrected chi connectivity index (χ1v) is 13.7. The van der Waals surface area contributed by atoms with Crippen LogP contribution in [0.1, 0.15) is 110 Å². The van der Waals surface area contributed by atoms with Gasteiger partial charge >= 0.3 is 5.97 Å². The summed E-state index contributed by atoms with van der Waals surface area (Å²) >= 11 is 0. The second-order valence-electron chi connectivity index (χ2n) is 10.6. The first-order chi connectivity index (χ1) is 16.1. The molecule has 0 aliphatic heterocycles. The molecule has 0 radical (unpaired) electrons. The van der Waals surface area contributed by atoms with Crippen LogP contribution in [0.4, 0.5) is 0 Å². The number of ether oxygens (including phenoxy) is 2. The minimum Gasteiger partial charge on any atom is -0.494 e. The van der Waals surface area contributed by atoms with Crippen molar-refractivity contribution in [3.05, 3.63) is 36.9 Å². The van der Waals surface area contributed by atoms with Crippen LogP contribution < -0.4 is 9.47 Å². The average Bonchev–Trinajstić information content (AvgIpc) is 2.84. The van der Waals surface area contributed by atoms with Gasteiger partial charge in [0.15, 0.2) is 0 Å². The average molecular weight is 455 g/mol. The molecule has 0 amide bonds. The van der Waals surface area contributed by atoms with E-state index in [0.717, 1.165) is 56.3 Å². The molecule has 0 N–H and O–H groups in total. The third-order valence-electron chi connectivity index (χ3n) is 8.02. The van der Waals surface area contributed by atoms with E-state index >= 15 is 0 Å². The van der Waals surface area contributed by atoms with Crippen LogP contribution in [0, 0.1) is 17.3 Å². The lowest BCUT2D eigenvalue weighted by atomic mass is 9.72. The van der Waals surface area contributed by atoms with Gasteiger partial charge in [-0.25, -0.2) is 0 Å². The Bertz CT molecular complexity index is 694. The van der Waals surface area contributed by atoms with Gasteiger partial charge in [0, 0.05) is 0 Å². The van der Waals surface area contributed by atoms with E-state index in [1.54, 1.807) is 0 Å². The van der Waals surface area contributed by atoms with Gasteiger partial charge < -0.3 is 9.47 Å². The van der Waals surface area contributed by atoms with Gasteiger partial charge in [-0.2, -0.15) is 0 Å². The molecule has 1 aromatic carbocycles. The van der Waals surface area contributed by atoms with E-state index in [2.05, 4.69) is 13.5 Å². The van der Waals surface area contributed by atoms with Crippen LogP contribution in [-0.4, -0.2) is 12.6 Å². The smallest absolute Gasteiger partial charge is 0.317 e. The van der Waals surface area contributed by atoms with E-state index in [-0.39, 0.29) is 11.4 Å². The summed E-state index contributed by atoms with van der Waals surface area (Å²) in [6.45, 7) is 6.91. The van der Waals surface area contributed by atoms with E-state index in [4.69, 9.17) is 9.47 Å². The van der Waals surface area contributed by atoms with Crippen LogP contribution in [0.3, 0.4) is 0 Å². The molecule has 3 nitrogen and oxygen atoms in total. The quantitative estimate of drug-likeness (QED) is 0.129. The summed E-state index contributed by atoms with van der Waals surface area (Å²) in [4.78, 5) is 12.9. The standard InChI is InChI=1S/C30H46O3/c1-3-5-7-11-25-13-15-26(16-14-25)12-10-24-32-27-17-19-28(20-18-27)33-29(31)30(21-4-2)22-8-6-9-23-30/h4,17-20,25-26H,2-3,5-16,21-24H2,1H3. The molecular formula is C30H46O3. The number of hydrogen-bond donors (Lipinski definition) is 0. The van der Waals surface area contributed by atoms with Crippen molar-refractivity contribution in [3.63, 3.8) is 0 Å². The number of allylic oxidation sites excluding steroid dienone is 1. The van der Waals surface area contributed by atoms with Crippen LogP contribution in [0.2, 0.25) is 0 Å². The highest BCUT2D eigenvalue weighted by atomic mass is 16.5. The summed E-state index contributed by atoms with van der Waals surface area (Å²) in [7, 11) is 0. The Morgan fingerprint density at radius 2 is 1.55 bits per heavy atom. The Morgan fingerprint density at radius 3 is 2.15 bits per heavy atom. The van der Waals surface area contributed by atoms with Crippen molar-refractivity contribution in [1.82, 2.24) is 0 Å². The van der Waals surface area contributed by atoms with Gasteiger partial charge in [-0.1, -0.05) is 83.6 Å².